The molecule has 0 unspecified atom stereocenters. The van der Waals surface area contributed by atoms with E-state index in [-0.39, 0.29) is 22.4 Å². The van der Waals surface area contributed by atoms with Crippen molar-refractivity contribution in [2.75, 3.05) is 6.61 Å². The molecule has 212 valence electrons. The summed E-state index contributed by atoms with van der Waals surface area (Å²) in [5, 5.41) is 0.771. The molecule has 1 aromatic heterocycles. The number of fused-ring (bicyclic) bond motifs is 1. The van der Waals surface area contributed by atoms with Gasteiger partial charge in [-0.05, 0) is 48.4 Å². The third kappa shape index (κ3) is 4.93. The summed E-state index contributed by atoms with van der Waals surface area (Å²) in [5.41, 5.74) is 6.68. The molecular formula is C26H43N3O6SSi2. The normalized spacial score (nSPS) is 28.4. The van der Waals surface area contributed by atoms with Crippen molar-refractivity contribution < 1.29 is 26.2 Å². The molecule has 1 saturated heterocycles. The topological polar surface area (TPSA) is 115 Å². The van der Waals surface area contributed by atoms with E-state index in [0.29, 0.717) is 0 Å². The van der Waals surface area contributed by atoms with E-state index in [9.17, 15) is 8.42 Å². The molecule has 4 atom stereocenters. The summed E-state index contributed by atoms with van der Waals surface area (Å²) in [6, 6.07) is 7.72. The van der Waals surface area contributed by atoms with Gasteiger partial charge in [0.15, 0.2) is 28.5 Å². The molecule has 3 heterocycles. The van der Waals surface area contributed by atoms with Gasteiger partial charge in [0.25, 0.3) is 10.1 Å². The minimum absolute atomic E-state index is 0.0558. The van der Waals surface area contributed by atoms with Crippen LogP contribution in [0, 0.1) is 0 Å². The Bertz CT molecular complexity index is 1340. The predicted octanol–water partition coefficient (Wildman–Crippen LogP) is 5.24. The van der Waals surface area contributed by atoms with Crippen LogP contribution in [0.15, 0.2) is 41.7 Å². The molecule has 0 saturated carbocycles. The van der Waals surface area contributed by atoms with Crippen LogP contribution in [0.3, 0.4) is 0 Å². The zero-order valence-corrected chi connectivity index (χ0v) is 27.0. The summed E-state index contributed by atoms with van der Waals surface area (Å²) in [7, 11) is -8.77. The fourth-order valence-electron chi connectivity index (χ4n) is 4.40. The van der Waals surface area contributed by atoms with E-state index in [1.54, 1.807) is 6.33 Å². The highest BCUT2D eigenvalue weighted by Crippen LogP contribution is 2.52. The molecule has 1 spiro atoms. The van der Waals surface area contributed by atoms with Gasteiger partial charge in [-0.25, -0.2) is 9.17 Å². The second kappa shape index (κ2) is 9.25. The Balaban J connectivity index is 1.87. The lowest BCUT2D eigenvalue weighted by atomic mass is 9.89. The van der Waals surface area contributed by atoms with E-state index >= 15 is 0 Å². The van der Waals surface area contributed by atoms with Crippen molar-refractivity contribution in [2.45, 2.75) is 102 Å². The van der Waals surface area contributed by atoms with E-state index < -0.39 is 50.8 Å². The first-order valence-corrected chi connectivity index (χ1v) is 20.3. The van der Waals surface area contributed by atoms with Crippen molar-refractivity contribution in [1.29, 1.82) is 0 Å². The Labute approximate surface area is 229 Å². The molecule has 0 bridgehead atoms. The van der Waals surface area contributed by atoms with Gasteiger partial charge in [-0.15, -0.1) is 0 Å². The molecule has 4 rings (SSSR count). The quantitative estimate of drug-likeness (QED) is 0.364. The minimum atomic E-state index is -4.06. The van der Waals surface area contributed by atoms with Crippen LogP contribution in [0.5, 0.6) is 0 Å². The van der Waals surface area contributed by atoms with Gasteiger partial charge in [0.2, 0.25) is 0 Å². The average molecular weight is 582 g/mol. The van der Waals surface area contributed by atoms with E-state index in [1.807, 2.05) is 28.8 Å². The zero-order valence-electron chi connectivity index (χ0n) is 24.2. The number of nitrogens with two attached hydrogens (primary N) is 1. The van der Waals surface area contributed by atoms with Crippen LogP contribution in [-0.4, -0.2) is 59.0 Å². The molecule has 2 aliphatic rings. The molecule has 9 nitrogen and oxygen atoms in total. The monoisotopic (exact) mass is 581 g/mol. The Morgan fingerprint density at radius 3 is 2.21 bits per heavy atom. The van der Waals surface area contributed by atoms with Gasteiger partial charge in [0.05, 0.1) is 35.1 Å². The summed E-state index contributed by atoms with van der Waals surface area (Å²) in [6.07, 6.45) is -0.732. The number of benzene rings is 1. The molecule has 0 radical (unpaired) electrons. The first kappa shape index (κ1) is 29.4. The van der Waals surface area contributed by atoms with Crippen molar-refractivity contribution in [3.05, 3.63) is 41.7 Å². The van der Waals surface area contributed by atoms with Crippen LogP contribution >= 0.6 is 0 Å². The number of rotatable bonds is 6. The molecule has 12 heteroatoms. The van der Waals surface area contributed by atoms with Crippen molar-refractivity contribution in [2.24, 2.45) is 5.73 Å². The van der Waals surface area contributed by atoms with E-state index in [4.69, 9.17) is 23.5 Å². The number of para-hydroxylation sites is 2. The fraction of sp³-hybridized carbons (Fsp3) is 0.654. The van der Waals surface area contributed by atoms with Crippen LogP contribution < -0.4 is 5.73 Å². The average Bonchev–Trinajstić information content (AvgIpc) is 3.37. The Hall–Kier alpha value is -1.55. The predicted molar refractivity (Wildman–Crippen MR) is 154 cm³/mol. The molecule has 2 aromatic rings. The standard InChI is InChI=1S/C26H43N3O6SSi2/c1-24(2,3)37(7,8)32-15-21-26(20(27)16-36(30,31)35-26)22(34-38(9,10)25(4,5)6)23(33-21)29-17-28-18-13-11-12-14-19(18)29/h11-14,16-17,21-23H,15,27H2,1-10H3/t21-,22+,23-,26-/m1/s1. The molecule has 1 fully saturated rings. The largest absolute Gasteiger partial charge is 0.414 e. The molecule has 38 heavy (non-hydrogen) atoms. The smallest absolute Gasteiger partial charge is 0.292 e. The molecule has 0 amide bonds. The first-order chi connectivity index (χ1) is 17.2. The number of nitrogens with zero attached hydrogens (tertiary/aromatic N) is 2. The molecule has 1 aromatic carbocycles. The van der Waals surface area contributed by atoms with Gasteiger partial charge in [0, 0.05) is 0 Å². The van der Waals surface area contributed by atoms with Crippen molar-refractivity contribution in [1.82, 2.24) is 9.55 Å². The summed E-state index contributed by atoms with van der Waals surface area (Å²) >= 11 is 0. The van der Waals surface area contributed by atoms with Gasteiger partial charge in [-0.2, -0.15) is 8.42 Å². The van der Waals surface area contributed by atoms with E-state index in [2.05, 4.69) is 72.7 Å². The lowest BCUT2D eigenvalue weighted by molar-refractivity contribution is -0.0534. The third-order valence-electron chi connectivity index (χ3n) is 8.83. The van der Waals surface area contributed by atoms with Crippen molar-refractivity contribution in [3.63, 3.8) is 0 Å². The highest BCUT2D eigenvalue weighted by molar-refractivity contribution is 7.90. The maximum absolute atomic E-state index is 12.9. The number of imidazole rings is 1. The van der Waals surface area contributed by atoms with Crippen LogP contribution in [0.1, 0.15) is 47.8 Å². The molecule has 2 aliphatic heterocycles. The van der Waals surface area contributed by atoms with Gasteiger partial charge in [0.1, 0.15) is 12.2 Å². The maximum Gasteiger partial charge on any atom is 0.292 e. The van der Waals surface area contributed by atoms with Crippen LogP contribution in [0.25, 0.3) is 11.0 Å². The lowest BCUT2D eigenvalue weighted by Crippen LogP contribution is -2.59. The van der Waals surface area contributed by atoms with Crippen LogP contribution in [-0.2, 0) is 27.9 Å². The summed E-state index contributed by atoms with van der Waals surface area (Å²) in [5.74, 6) is 0. The SMILES string of the molecule is CC(C)(C)[Si](C)(C)OC[C@H]1O[C@@H](n2cnc3ccccc32)[C@H](O[Si](C)(C)C(C)(C)C)[C@]12OS(=O)(=O)C=C2N. The molecular weight excluding hydrogens is 539 g/mol. The third-order valence-corrected chi connectivity index (χ3v) is 18.8. The Kier molecular flexibility index (Phi) is 7.17. The minimum Gasteiger partial charge on any atom is -0.414 e. The summed E-state index contributed by atoms with van der Waals surface area (Å²) in [4.78, 5) is 4.56. The summed E-state index contributed by atoms with van der Waals surface area (Å²) < 4.78 is 53.8. The Morgan fingerprint density at radius 2 is 1.66 bits per heavy atom. The number of hydrogen-bond donors (Lipinski definition) is 1. The van der Waals surface area contributed by atoms with Crippen molar-refractivity contribution >= 4 is 37.8 Å². The lowest BCUT2D eigenvalue weighted by Gasteiger charge is -2.43. The van der Waals surface area contributed by atoms with Gasteiger partial charge in [-0.3, -0.25) is 0 Å². The number of hydrogen-bond acceptors (Lipinski definition) is 8. The van der Waals surface area contributed by atoms with Crippen LogP contribution in [0.2, 0.25) is 36.3 Å². The Morgan fingerprint density at radius 1 is 1.05 bits per heavy atom. The fourth-order valence-corrected chi connectivity index (χ4v) is 7.90. The second-order valence-corrected chi connectivity index (χ2v) is 24.4. The number of ether oxygens (including phenoxy) is 1. The van der Waals surface area contributed by atoms with E-state index in [1.165, 1.54) is 0 Å². The van der Waals surface area contributed by atoms with Gasteiger partial charge >= 0.3 is 0 Å². The van der Waals surface area contributed by atoms with Gasteiger partial charge < -0.3 is 23.9 Å². The first-order valence-electron chi connectivity index (χ1n) is 13.0. The van der Waals surface area contributed by atoms with E-state index in [0.717, 1.165) is 16.4 Å². The number of aromatic nitrogens is 2. The zero-order chi connectivity index (χ0) is 28.5. The van der Waals surface area contributed by atoms with Crippen molar-refractivity contribution in [3.8, 4) is 0 Å². The highest BCUT2D eigenvalue weighted by atomic mass is 32.2. The molecule has 2 N–H and O–H groups in total. The highest BCUT2D eigenvalue weighted by Gasteiger charge is 2.67. The maximum atomic E-state index is 12.9. The summed E-state index contributed by atoms with van der Waals surface area (Å²) in [6.45, 7) is 21.5. The van der Waals surface area contributed by atoms with Gasteiger partial charge in [-0.1, -0.05) is 53.7 Å². The van der Waals surface area contributed by atoms with Crippen LogP contribution in [0.4, 0.5) is 0 Å². The second-order valence-electron chi connectivity index (χ2n) is 13.5. The molecule has 0 aliphatic carbocycles.